The Balaban J connectivity index is 0.00000144. The smallest absolute Gasteiger partial charge is 0.142 e. The van der Waals surface area contributed by atoms with Crippen molar-refractivity contribution in [2.45, 2.75) is 20.9 Å². The summed E-state index contributed by atoms with van der Waals surface area (Å²) in [5, 5.41) is 0.623. The monoisotopic (exact) mass is 201 g/mol. The molecule has 0 bridgehead atoms. The maximum Gasteiger partial charge on any atom is 0.142 e. The van der Waals surface area contributed by atoms with E-state index >= 15 is 0 Å². The molecule has 0 aliphatic carbocycles. The third kappa shape index (κ3) is 3.70. The Kier molecular flexibility index (Phi) is 4.88. The van der Waals surface area contributed by atoms with Crippen LogP contribution in [0.2, 0.25) is 5.02 Å². The highest BCUT2D eigenvalue weighted by atomic mass is 35.5. The van der Waals surface area contributed by atoms with Crippen molar-refractivity contribution in [3.8, 4) is 0 Å². The van der Waals surface area contributed by atoms with Gasteiger partial charge >= 0.3 is 0 Å². The van der Waals surface area contributed by atoms with Crippen molar-refractivity contribution in [3.63, 3.8) is 0 Å². The van der Waals surface area contributed by atoms with Crippen molar-refractivity contribution in [2.24, 2.45) is 0 Å². The van der Waals surface area contributed by atoms with E-state index in [0.29, 0.717) is 5.02 Å². The lowest BCUT2D eigenvalue weighted by Gasteiger charge is -2.08. The largest absolute Gasteiger partial charge is 0.302 e. The first-order valence-electron chi connectivity index (χ1n) is 3.72. The minimum absolute atomic E-state index is 0. The average Bonchev–Trinajstić information content (AvgIpc) is 1.96. The van der Waals surface area contributed by atoms with Crippen molar-refractivity contribution in [1.29, 1.82) is 0 Å². The van der Waals surface area contributed by atoms with Crippen molar-refractivity contribution in [1.82, 2.24) is 14.9 Å². The van der Waals surface area contributed by atoms with Crippen LogP contribution in [-0.2, 0) is 6.54 Å². The molecule has 0 aliphatic rings. The van der Waals surface area contributed by atoms with Crippen molar-refractivity contribution >= 4 is 11.6 Å². The summed E-state index contributed by atoms with van der Waals surface area (Å²) in [6, 6.07) is 0. The van der Waals surface area contributed by atoms with Gasteiger partial charge in [-0.05, 0) is 21.0 Å². The second-order valence-corrected chi connectivity index (χ2v) is 3.36. The molecule has 1 aromatic heterocycles. The van der Waals surface area contributed by atoms with Crippen LogP contribution in [0.4, 0.5) is 0 Å². The van der Waals surface area contributed by atoms with E-state index in [1.54, 1.807) is 6.20 Å². The molecule has 0 fully saturated rings. The van der Waals surface area contributed by atoms with E-state index in [0.717, 1.165) is 18.1 Å². The highest BCUT2D eigenvalue weighted by molar-refractivity contribution is 6.31. The molecule has 0 aromatic carbocycles. The molecule has 4 heteroatoms. The van der Waals surface area contributed by atoms with Gasteiger partial charge in [-0.2, -0.15) is 0 Å². The second-order valence-electron chi connectivity index (χ2n) is 2.96. The van der Waals surface area contributed by atoms with Gasteiger partial charge in [0.05, 0.1) is 17.3 Å². The third-order valence-electron chi connectivity index (χ3n) is 1.43. The number of aryl methyl sites for hydroxylation is 1. The molecule has 0 saturated heterocycles. The van der Waals surface area contributed by atoms with E-state index in [1.807, 2.05) is 25.9 Å². The maximum absolute atomic E-state index is 5.78. The van der Waals surface area contributed by atoms with Crippen LogP contribution >= 0.6 is 11.6 Å². The first-order valence-corrected chi connectivity index (χ1v) is 4.10. The van der Waals surface area contributed by atoms with Gasteiger partial charge in [-0.1, -0.05) is 19.0 Å². The van der Waals surface area contributed by atoms with E-state index < -0.39 is 0 Å². The molecule has 1 heterocycles. The van der Waals surface area contributed by atoms with Crippen LogP contribution in [0.25, 0.3) is 0 Å². The minimum Gasteiger partial charge on any atom is -0.302 e. The fraction of sp³-hybridized carbons (Fsp3) is 0.556. The number of hydrogen-bond acceptors (Lipinski definition) is 3. The number of aromatic nitrogens is 2. The summed E-state index contributed by atoms with van der Waals surface area (Å²) >= 11 is 5.78. The van der Waals surface area contributed by atoms with Crippen molar-refractivity contribution < 1.29 is 0 Å². The molecule has 0 unspecified atom stereocenters. The zero-order chi connectivity index (χ0) is 9.14. The normalized spacial score (nSPS) is 9.92. The summed E-state index contributed by atoms with van der Waals surface area (Å²) in [4.78, 5) is 10.3. The van der Waals surface area contributed by atoms with Gasteiger partial charge < -0.3 is 4.90 Å². The van der Waals surface area contributed by atoms with Gasteiger partial charge in [0.25, 0.3) is 0 Å². The Hall–Kier alpha value is -0.670. The third-order valence-corrected chi connectivity index (χ3v) is 1.80. The molecule has 0 spiro atoms. The van der Waals surface area contributed by atoms with Gasteiger partial charge in [0, 0.05) is 6.20 Å². The molecule has 74 valence electrons. The lowest BCUT2D eigenvalue weighted by Crippen LogP contribution is -2.13. The van der Waals surface area contributed by atoms with E-state index in [1.165, 1.54) is 0 Å². The zero-order valence-electron chi connectivity index (χ0n) is 7.50. The van der Waals surface area contributed by atoms with Crippen molar-refractivity contribution in [3.05, 3.63) is 22.7 Å². The molecule has 13 heavy (non-hydrogen) atoms. The summed E-state index contributed by atoms with van der Waals surface area (Å²) in [5.74, 6) is 0.807. The highest BCUT2D eigenvalue weighted by Crippen LogP contribution is 2.10. The molecule has 0 saturated carbocycles. The molecule has 0 aliphatic heterocycles. The van der Waals surface area contributed by atoms with Crippen LogP contribution in [0, 0.1) is 6.92 Å². The van der Waals surface area contributed by atoms with E-state index in [4.69, 9.17) is 11.6 Å². The standard InChI is InChI=1S/C8H12ClN3.CH4/c1-6-7(9)4-10-8(11-6)5-12(2)3;/h4H,5H2,1-3H3;1H4. The number of rotatable bonds is 2. The molecule has 1 aromatic rings. The summed E-state index contributed by atoms with van der Waals surface area (Å²) in [5.41, 5.74) is 0.837. The predicted molar refractivity (Wildman–Crippen MR) is 55.9 cm³/mol. The van der Waals surface area contributed by atoms with Crippen LogP contribution in [0.3, 0.4) is 0 Å². The molecular weight excluding hydrogens is 186 g/mol. The van der Waals surface area contributed by atoms with Gasteiger partial charge in [0.2, 0.25) is 0 Å². The van der Waals surface area contributed by atoms with E-state index in [9.17, 15) is 0 Å². The Morgan fingerprint density at radius 1 is 1.46 bits per heavy atom. The van der Waals surface area contributed by atoms with Gasteiger partial charge in [-0.3, -0.25) is 0 Å². The summed E-state index contributed by atoms with van der Waals surface area (Å²) in [7, 11) is 3.96. The van der Waals surface area contributed by atoms with E-state index in [2.05, 4.69) is 9.97 Å². The Bertz CT molecular complexity index is 274. The molecule has 1 rings (SSSR count). The highest BCUT2D eigenvalue weighted by Gasteiger charge is 2.01. The predicted octanol–water partition coefficient (Wildman–Crippen LogP) is 2.14. The Labute approximate surface area is 84.8 Å². The molecular formula is C9H16ClN3. The summed E-state index contributed by atoms with van der Waals surface area (Å²) < 4.78 is 0. The SMILES string of the molecule is C.Cc1nc(CN(C)C)ncc1Cl. The maximum atomic E-state index is 5.78. The molecule has 0 amide bonds. The topological polar surface area (TPSA) is 29.0 Å². The minimum atomic E-state index is 0. The molecule has 0 N–H and O–H groups in total. The molecule has 0 radical (unpaired) electrons. The number of halogens is 1. The van der Waals surface area contributed by atoms with Gasteiger partial charge in [0.15, 0.2) is 0 Å². The average molecular weight is 202 g/mol. The second kappa shape index (κ2) is 5.14. The number of nitrogens with zero attached hydrogens (tertiary/aromatic N) is 3. The van der Waals surface area contributed by atoms with Crippen LogP contribution in [0.15, 0.2) is 6.20 Å². The van der Waals surface area contributed by atoms with Crippen LogP contribution in [0.1, 0.15) is 18.9 Å². The van der Waals surface area contributed by atoms with Gasteiger partial charge in [0.1, 0.15) is 5.82 Å². The summed E-state index contributed by atoms with van der Waals surface area (Å²) in [6.07, 6.45) is 1.64. The van der Waals surface area contributed by atoms with Gasteiger partial charge in [-0.15, -0.1) is 0 Å². The molecule has 0 atom stereocenters. The fourth-order valence-corrected chi connectivity index (χ4v) is 0.951. The first kappa shape index (κ1) is 12.3. The lowest BCUT2D eigenvalue weighted by molar-refractivity contribution is 0.390. The lowest BCUT2D eigenvalue weighted by atomic mass is 10.4. The molecule has 3 nitrogen and oxygen atoms in total. The fourth-order valence-electron chi connectivity index (χ4n) is 0.859. The zero-order valence-corrected chi connectivity index (χ0v) is 8.26. The quantitative estimate of drug-likeness (QED) is 0.734. The van der Waals surface area contributed by atoms with E-state index in [-0.39, 0.29) is 7.43 Å². The van der Waals surface area contributed by atoms with Crippen molar-refractivity contribution in [2.75, 3.05) is 14.1 Å². The van der Waals surface area contributed by atoms with Gasteiger partial charge in [-0.25, -0.2) is 9.97 Å². The number of hydrogen-bond donors (Lipinski definition) is 0. The van der Waals surface area contributed by atoms with Crippen LogP contribution in [0.5, 0.6) is 0 Å². The van der Waals surface area contributed by atoms with Crippen LogP contribution in [-0.4, -0.2) is 29.0 Å². The Morgan fingerprint density at radius 2 is 2.08 bits per heavy atom. The first-order chi connectivity index (χ1) is 5.59. The summed E-state index contributed by atoms with van der Waals surface area (Å²) in [6.45, 7) is 2.63. The Morgan fingerprint density at radius 3 is 2.54 bits per heavy atom. The van der Waals surface area contributed by atoms with Crippen LogP contribution < -0.4 is 0 Å².